The lowest BCUT2D eigenvalue weighted by atomic mass is 10.1. The molecular weight excluding hydrogens is 912 g/mol. The van der Waals surface area contributed by atoms with E-state index in [-0.39, 0.29) is 12.5 Å². The molecule has 0 aromatic carbocycles. The molecule has 0 aliphatic carbocycles. The predicted molar refractivity (Wildman–Crippen MR) is 310 cm³/mol. The maximum Gasteiger partial charge on any atom is 0.268 e. The molecule has 0 aromatic heterocycles. The van der Waals surface area contributed by atoms with Crippen molar-refractivity contribution in [2.45, 2.75) is 180 Å². The lowest BCUT2D eigenvalue weighted by Gasteiger charge is -2.29. The van der Waals surface area contributed by atoms with Gasteiger partial charge in [0.05, 0.1) is 39.9 Å². The fraction of sp³-hybridized carbons (Fsp3) is 0.540. The molecule has 0 fully saturated rings. The van der Waals surface area contributed by atoms with Crippen LogP contribution in [0.2, 0.25) is 0 Å². The molecule has 3 atom stereocenters. The Kier molecular flexibility index (Phi) is 48.8. The van der Waals surface area contributed by atoms with Gasteiger partial charge in [0, 0.05) is 6.42 Å². The first-order valence-corrected chi connectivity index (χ1v) is 29.0. The number of nitrogens with one attached hydrogen (secondary N) is 1. The molecule has 0 saturated carbocycles. The van der Waals surface area contributed by atoms with Gasteiger partial charge in [-0.05, 0) is 122 Å². The van der Waals surface area contributed by atoms with E-state index < -0.39 is 26.6 Å². The molecule has 0 saturated heterocycles. The van der Waals surface area contributed by atoms with Gasteiger partial charge in [0.1, 0.15) is 13.2 Å². The second-order valence-electron chi connectivity index (χ2n) is 18.8. The number of allylic oxidation sites excluding steroid dienone is 27. The summed E-state index contributed by atoms with van der Waals surface area (Å²) in [6.45, 7) is 4.37. The molecular formula is C63H101N2O6P. The maximum atomic E-state index is 12.9. The number of hydrogen-bond acceptors (Lipinski definition) is 6. The van der Waals surface area contributed by atoms with Crippen LogP contribution in [0.15, 0.2) is 170 Å². The number of unbranched alkanes of at least 4 members (excludes halogenated alkanes) is 8. The van der Waals surface area contributed by atoms with Crippen LogP contribution in [0.4, 0.5) is 0 Å². The molecule has 9 heteroatoms. The minimum Gasteiger partial charge on any atom is -0.756 e. The van der Waals surface area contributed by atoms with Crippen molar-refractivity contribution in [2.24, 2.45) is 0 Å². The zero-order valence-electron chi connectivity index (χ0n) is 45.8. The Bertz CT molecular complexity index is 1770. The molecule has 1 amide bonds. The van der Waals surface area contributed by atoms with E-state index in [1.54, 1.807) is 6.08 Å². The van der Waals surface area contributed by atoms with Gasteiger partial charge >= 0.3 is 0 Å². The Labute approximate surface area is 441 Å². The number of carbonyl (C=O) groups is 1. The van der Waals surface area contributed by atoms with Crippen molar-refractivity contribution in [2.75, 3.05) is 40.9 Å². The average molecular weight is 1010 g/mol. The van der Waals surface area contributed by atoms with E-state index >= 15 is 0 Å². The Hall–Kier alpha value is -4.14. The molecule has 0 radical (unpaired) electrons. The highest BCUT2D eigenvalue weighted by molar-refractivity contribution is 7.45. The molecule has 0 spiro atoms. The van der Waals surface area contributed by atoms with Crippen LogP contribution in [-0.2, 0) is 18.4 Å². The molecule has 72 heavy (non-hydrogen) atoms. The van der Waals surface area contributed by atoms with Gasteiger partial charge in [0.2, 0.25) is 5.91 Å². The summed E-state index contributed by atoms with van der Waals surface area (Å²) in [5, 5.41) is 13.7. The topological polar surface area (TPSA) is 108 Å². The largest absolute Gasteiger partial charge is 0.756 e. The van der Waals surface area contributed by atoms with E-state index in [1.807, 2.05) is 27.2 Å². The van der Waals surface area contributed by atoms with Crippen molar-refractivity contribution in [3.63, 3.8) is 0 Å². The van der Waals surface area contributed by atoms with Gasteiger partial charge in [-0.1, -0.05) is 210 Å². The first kappa shape index (κ1) is 67.9. The highest BCUT2D eigenvalue weighted by atomic mass is 31.2. The van der Waals surface area contributed by atoms with E-state index in [2.05, 4.69) is 177 Å². The Morgan fingerprint density at radius 2 is 0.861 bits per heavy atom. The summed E-state index contributed by atoms with van der Waals surface area (Å²) in [6.07, 6.45) is 83.0. The third kappa shape index (κ3) is 53.7. The zero-order valence-corrected chi connectivity index (χ0v) is 46.7. The van der Waals surface area contributed by atoms with Crippen LogP contribution in [0, 0.1) is 0 Å². The quantitative estimate of drug-likeness (QED) is 0.0272. The summed E-state index contributed by atoms with van der Waals surface area (Å²) >= 11 is 0. The molecule has 2 N–H and O–H groups in total. The maximum absolute atomic E-state index is 12.9. The van der Waals surface area contributed by atoms with Crippen LogP contribution in [0.3, 0.4) is 0 Å². The standard InChI is InChI=1S/C63H101N2O6P/c1-6-8-10-12-14-16-18-19-20-21-22-23-24-25-26-27-28-29-30-31-32-33-34-35-36-37-38-39-40-41-42-43-44-45-47-49-51-53-55-57-63(67)64-61(60-71-72(68,69)70-59-58-65(3,4)5)62(66)56-54-52-50-48-46-17-15-13-11-9-7-2/h8,10-11,13-14,16,19-20,22-23,25-26,28-29,31-32,34-35,37-38,40-41,43-44,46,48,54,56,61-62,66H,6-7,9,12,15,17-18,21,24,27,30,33,36,39,42,45,47,49-53,55,57-60H2,1-5H3,(H-,64,67,68,69)/b10-8-,13-11+,16-14-,20-19-,23-22-,26-25-,29-28-,32-31-,35-34-,38-37-,41-40-,44-43-,48-46+,56-54+. The number of carbonyl (C=O) groups excluding carboxylic acids is 1. The second-order valence-corrected chi connectivity index (χ2v) is 20.2. The van der Waals surface area contributed by atoms with Crippen LogP contribution in [0.1, 0.15) is 168 Å². The predicted octanol–water partition coefficient (Wildman–Crippen LogP) is 16.2. The molecule has 0 heterocycles. The fourth-order valence-corrected chi connectivity index (χ4v) is 7.33. The van der Waals surface area contributed by atoms with Gasteiger partial charge in [0.15, 0.2) is 0 Å². The Balaban J connectivity index is 4.20. The number of aliphatic hydroxyl groups is 1. The smallest absolute Gasteiger partial charge is 0.268 e. The Morgan fingerprint density at radius 3 is 1.28 bits per heavy atom. The monoisotopic (exact) mass is 1010 g/mol. The first-order valence-electron chi connectivity index (χ1n) is 27.5. The summed E-state index contributed by atoms with van der Waals surface area (Å²) in [5.74, 6) is -0.241. The van der Waals surface area contributed by atoms with Crippen LogP contribution < -0.4 is 10.2 Å². The third-order valence-corrected chi connectivity index (χ3v) is 11.8. The highest BCUT2D eigenvalue weighted by Crippen LogP contribution is 2.38. The fourth-order valence-electron chi connectivity index (χ4n) is 6.61. The normalized spacial score (nSPS) is 15.3. The molecule has 0 aromatic rings. The lowest BCUT2D eigenvalue weighted by Crippen LogP contribution is -2.45. The number of quaternary nitrogens is 1. The Morgan fingerprint density at radius 1 is 0.500 bits per heavy atom. The van der Waals surface area contributed by atoms with Crippen LogP contribution in [0.25, 0.3) is 0 Å². The van der Waals surface area contributed by atoms with E-state index in [4.69, 9.17) is 9.05 Å². The number of rotatable bonds is 47. The molecule has 3 unspecified atom stereocenters. The van der Waals surface area contributed by atoms with E-state index in [0.29, 0.717) is 23.9 Å². The van der Waals surface area contributed by atoms with Gasteiger partial charge < -0.3 is 28.8 Å². The van der Waals surface area contributed by atoms with Crippen molar-refractivity contribution in [1.82, 2.24) is 5.32 Å². The van der Waals surface area contributed by atoms with Gasteiger partial charge in [0.25, 0.3) is 7.82 Å². The number of likely N-dealkylation sites (N-methyl/N-ethyl adjacent to an activating group) is 1. The van der Waals surface area contributed by atoms with Gasteiger partial charge in [-0.3, -0.25) is 9.36 Å². The minimum absolute atomic E-state index is 0.0231. The summed E-state index contributed by atoms with van der Waals surface area (Å²) in [5.41, 5.74) is 0. The molecule has 0 aliphatic heterocycles. The molecule has 8 nitrogen and oxygen atoms in total. The third-order valence-electron chi connectivity index (χ3n) is 10.9. The highest BCUT2D eigenvalue weighted by Gasteiger charge is 2.23. The number of amides is 1. The summed E-state index contributed by atoms with van der Waals surface area (Å²) < 4.78 is 23.2. The summed E-state index contributed by atoms with van der Waals surface area (Å²) in [6, 6.07) is -0.932. The molecule has 0 rings (SSSR count). The van der Waals surface area contributed by atoms with E-state index in [0.717, 1.165) is 141 Å². The lowest BCUT2D eigenvalue weighted by molar-refractivity contribution is -0.870. The average Bonchev–Trinajstić information content (AvgIpc) is 3.34. The van der Waals surface area contributed by atoms with Crippen molar-refractivity contribution in [1.29, 1.82) is 0 Å². The van der Waals surface area contributed by atoms with Crippen molar-refractivity contribution >= 4 is 13.7 Å². The van der Waals surface area contributed by atoms with E-state index in [9.17, 15) is 19.4 Å². The number of hydrogen-bond donors (Lipinski definition) is 2. The van der Waals surface area contributed by atoms with Crippen molar-refractivity contribution in [3.8, 4) is 0 Å². The second kappa shape index (κ2) is 51.7. The van der Waals surface area contributed by atoms with Crippen LogP contribution >= 0.6 is 7.82 Å². The van der Waals surface area contributed by atoms with Gasteiger partial charge in [-0.2, -0.15) is 0 Å². The van der Waals surface area contributed by atoms with Crippen molar-refractivity contribution < 1.29 is 32.9 Å². The zero-order chi connectivity index (χ0) is 52.7. The van der Waals surface area contributed by atoms with Gasteiger partial charge in [-0.15, -0.1) is 0 Å². The number of phosphoric ester groups is 1. The molecule has 0 aliphatic rings. The first-order chi connectivity index (χ1) is 35.0. The number of phosphoric acid groups is 1. The minimum atomic E-state index is -4.62. The van der Waals surface area contributed by atoms with Crippen molar-refractivity contribution in [3.05, 3.63) is 170 Å². The molecule has 404 valence electrons. The number of aliphatic hydroxyl groups excluding tert-OH is 1. The summed E-state index contributed by atoms with van der Waals surface area (Å²) in [7, 11) is 1.19. The summed E-state index contributed by atoms with van der Waals surface area (Å²) in [4.78, 5) is 25.4. The van der Waals surface area contributed by atoms with E-state index in [1.165, 1.54) is 0 Å². The number of nitrogens with zero attached hydrogens (tertiary/aromatic N) is 1. The van der Waals surface area contributed by atoms with Crippen LogP contribution in [0.5, 0.6) is 0 Å². The SMILES string of the molecule is CC/C=C\C/C=C\C/C=C\C/C=C\C/C=C\C/C=C\C/C=C\C/C=C\C/C=C\C/C=C\C/C=C\CCCCCCCC(=O)NC(COP(=O)([O-])OCC[N+](C)(C)C)C(O)/C=C/CC/C=C/CC/C=C/CCC. The van der Waals surface area contributed by atoms with Crippen LogP contribution in [-0.4, -0.2) is 68.5 Å². The van der Waals surface area contributed by atoms with Gasteiger partial charge in [-0.25, -0.2) is 0 Å². The molecule has 0 bridgehead atoms.